The van der Waals surface area contributed by atoms with Crippen molar-refractivity contribution in [1.29, 1.82) is 0 Å². The van der Waals surface area contributed by atoms with Crippen molar-refractivity contribution in [2.75, 3.05) is 6.61 Å². The largest absolute Gasteiger partial charge is 1.00 e. The summed E-state index contributed by atoms with van der Waals surface area (Å²) in [7, 11) is -5.52. The Balaban J connectivity index is 0. The van der Waals surface area contributed by atoms with Crippen LogP contribution in [0.1, 0.15) is 0 Å². The molecule has 12 heteroatoms. The van der Waals surface area contributed by atoms with Crippen LogP contribution in [0, 0.1) is 0 Å². The van der Waals surface area contributed by atoms with E-state index in [-0.39, 0.29) is 103 Å². The molecule has 2 atom stereocenters. The molecule has 0 bridgehead atoms. The van der Waals surface area contributed by atoms with Gasteiger partial charge in [0.1, 0.15) is 13.9 Å². The maximum Gasteiger partial charge on any atom is 1.00 e. The van der Waals surface area contributed by atoms with E-state index < -0.39 is 44.1 Å². The van der Waals surface area contributed by atoms with Crippen molar-refractivity contribution >= 4 is 13.8 Å². The fourth-order valence-electron chi connectivity index (χ4n) is 1.01. The van der Waals surface area contributed by atoms with Gasteiger partial charge in [0.15, 0.2) is 11.9 Å². The number of aliphatic hydroxyl groups is 3. The van der Waals surface area contributed by atoms with Crippen LogP contribution in [0.5, 0.6) is 0 Å². The van der Waals surface area contributed by atoms with E-state index >= 15 is 0 Å². The molecule has 0 saturated carbocycles. The predicted octanol–water partition coefficient (Wildman–Crippen LogP) is -9.11. The summed E-state index contributed by atoms with van der Waals surface area (Å²) in [5.41, 5.74) is 0. The molecule has 1 aliphatic rings. The maximum atomic E-state index is 10.9. The number of carbonyl (C=O) groups is 1. The summed E-state index contributed by atoms with van der Waals surface area (Å²) in [4.78, 5) is 31.4. The van der Waals surface area contributed by atoms with Gasteiger partial charge in [0.25, 0.3) is 5.76 Å². The van der Waals surface area contributed by atoms with E-state index in [2.05, 4.69) is 9.26 Å². The number of hydrogen-bond donors (Lipinski definition) is 3. The van der Waals surface area contributed by atoms with Gasteiger partial charge in [-0.3, -0.25) is 0 Å². The van der Waals surface area contributed by atoms with Crippen molar-refractivity contribution in [2.45, 2.75) is 12.2 Å². The van der Waals surface area contributed by atoms with Gasteiger partial charge >= 0.3 is 109 Å². The number of aliphatic hydroxyl groups excluding tert-OH is 3. The third kappa shape index (κ3) is 6.28. The van der Waals surface area contributed by atoms with Crippen molar-refractivity contribution in [3.8, 4) is 0 Å². The minimum Gasteiger partial charge on any atom is -0.780 e. The quantitative estimate of drug-likeness (QED) is 0.258. The zero-order chi connectivity index (χ0) is 12.5. The van der Waals surface area contributed by atoms with E-state index in [1.807, 2.05) is 0 Å². The zero-order valence-corrected chi connectivity index (χ0v) is 16.7. The SMILES string of the molecule is O=C1O[C@H]([C@@H](O)CO)C(O)=C1OP(=O)([O-])[O-].[K+].[K+]. The first-order chi connectivity index (χ1) is 7.26. The number of esters is 1. The molecule has 3 N–H and O–H groups in total. The standard InChI is InChI=1S/C6H9O9P.2K/c7-1-2(8)4-3(9)5(6(10)14-4)15-16(11,12)13;;/h2,4,7-9H,1H2,(H2,11,12,13);;/q;2*+1/p-2/t2-,4+;;/m0../s1. The molecule has 0 aromatic rings. The van der Waals surface area contributed by atoms with Crippen LogP contribution >= 0.6 is 7.82 Å². The summed E-state index contributed by atoms with van der Waals surface area (Å²) in [6.45, 7) is -0.846. The molecular formula is C6H7K2O9P. The van der Waals surface area contributed by atoms with Gasteiger partial charge in [0, 0.05) is 0 Å². The van der Waals surface area contributed by atoms with Crippen molar-refractivity contribution in [2.24, 2.45) is 0 Å². The van der Waals surface area contributed by atoms with Gasteiger partial charge in [-0.1, -0.05) is 0 Å². The van der Waals surface area contributed by atoms with Crippen LogP contribution in [-0.2, 0) is 18.6 Å². The average molecular weight is 332 g/mol. The van der Waals surface area contributed by atoms with Gasteiger partial charge in [-0.2, -0.15) is 0 Å². The molecule has 0 fully saturated rings. The van der Waals surface area contributed by atoms with Crippen molar-refractivity contribution < 1.29 is 146 Å². The van der Waals surface area contributed by atoms with Crippen LogP contribution in [0.4, 0.5) is 0 Å². The van der Waals surface area contributed by atoms with Crippen LogP contribution in [0.3, 0.4) is 0 Å². The second-order valence-electron chi connectivity index (χ2n) is 2.83. The van der Waals surface area contributed by atoms with Gasteiger partial charge in [-0.15, -0.1) is 0 Å². The Kier molecular flexibility index (Phi) is 11.5. The third-order valence-electron chi connectivity index (χ3n) is 1.66. The Labute approximate surface area is 187 Å². The molecule has 0 aromatic carbocycles. The first kappa shape index (κ1) is 22.4. The van der Waals surface area contributed by atoms with Crippen molar-refractivity contribution in [3.05, 3.63) is 11.5 Å². The number of ether oxygens (including phenoxy) is 1. The molecule has 0 saturated heterocycles. The van der Waals surface area contributed by atoms with E-state index in [0.29, 0.717) is 0 Å². The number of hydrogen-bond acceptors (Lipinski definition) is 9. The second-order valence-corrected chi connectivity index (χ2v) is 3.91. The average Bonchev–Trinajstić information content (AvgIpc) is 2.42. The Morgan fingerprint density at radius 2 is 1.94 bits per heavy atom. The molecule has 92 valence electrons. The summed E-state index contributed by atoms with van der Waals surface area (Å²) in [5.74, 6) is -3.67. The Hall–Kier alpha value is 2.15. The fourth-order valence-corrected chi connectivity index (χ4v) is 1.40. The molecule has 0 unspecified atom stereocenters. The van der Waals surface area contributed by atoms with E-state index in [4.69, 9.17) is 10.2 Å². The topological polar surface area (TPSA) is 159 Å². The Morgan fingerprint density at radius 3 is 2.33 bits per heavy atom. The molecule has 9 nitrogen and oxygen atoms in total. The van der Waals surface area contributed by atoms with Gasteiger partial charge < -0.3 is 38.9 Å². The summed E-state index contributed by atoms with van der Waals surface area (Å²) in [5, 5.41) is 26.8. The van der Waals surface area contributed by atoms with Gasteiger partial charge in [-0.05, 0) is 0 Å². The Morgan fingerprint density at radius 1 is 1.44 bits per heavy atom. The minimum absolute atomic E-state index is 0. The Bertz CT molecular complexity index is 377. The molecule has 18 heavy (non-hydrogen) atoms. The van der Waals surface area contributed by atoms with Crippen LogP contribution in [0.25, 0.3) is 0 Å². The second kappa shape index (κ2) is 9.23. The number of phosphoric ester groups is 1. The smallest absolute Gasteiger partial charge is 0.780 e. The van der Waals surface area contributed by atoms with Crippen molar-refractivity contribution in [3.63, 3.8) is 0 Å². The van der Waals surface area contributed by atoms with E-state index in [0.717, 1.165) is 0 Å². The number of carbonyl (C=O) groups excluding carboxylic acids is 1. The third-order valence-corrected chi connectivity index (χ3v) is 2.07. The normalized spacial score (nSPS) is 20.7. The molecular weight excluding hydrogens is 325 g/mol. The monoisotopic (exact) mass is 332 g/mol. The van der Waals surface area contributed by atoms with Crippen LogP contribution in [0.15, 0.2) is 11.5 Å². The van der Waals surface area contributed by atoms with Gasteiger partial charge in [0.05, 0.1) is 6.61 Å². The van der Waals surface area contributed by atoms with Crippen molar-refractivity contribution in [1.82, 2.24) is 0 Å². The number of phosphoric acid groups is 1. The molecule has 1 heterocycles. The van der Waals surface area contributed by atoms with E-state index in [1.165, 1.54) is 0 Å². The zero-order valence-electron chi connectivity index (χ0n) is 9.60. The molecule has 0 aromatic heterocycles. The van der Waals surface area contributed by atoms with Gasteiger partial charge in [-0.25, -0.2) is 4.79 Å². The summed E-state index contributed by atoms with van der Waals surface area (Å²) in [6, 6.07) is 0. The molecule has 0 spiro atoms. The summed E-state index contributed by atoms with van der Waals surface area (Å²) < 4.78 is 18.2. The molecule has 0 aliphatic carbocycles. The first-order valence-electron chi connectivity index (χ1n) is 3.91. The van der Waals surface area contributed by atoms with Gasteiger partial charge in [0.2, 0.25) is 0 Å². The molecule has 1 aliphatic heterocycles. The van der Waals surface area contributed by atoms with E-state index in [1.54, 1.807) is 0 Å². The molecule has 1 rings (SSSR count). The predicted molar refractivity (Wildman–Crippen MR) is 41.3 cm³/mol. The van der Waals surface area contributed by atoms with Crippen LogP contribution in [-0.4, -0.2) is 40.1 Å². The van der Waals surface area contributed by atoms with Crippen LogP contribution in [0.2, 0.25) is 0 Å². The number of rotatable bonds is 4. The molecule has 0 amide bonds. The minimum atomic E-state index is -5.52. The summed E-state index contributed by atoms with van der Waals surface area (Å²) in [6.07, 6.45) is -3.30. The first-order valence-corrected chi connectivity index (χ1v) is 5.37. The number of cyclic esters (lactones) is 1. The van der Waals surface area contributed by atoms with E-state index in [9.17, 15) is 24.3 Å². The fraction of sp³-hybridized carbons (Fsp3) is 0.500. The summed E-state index contributed by atoms with van der Waals surface area (Å²) >= 11 is 0. The van der Waals surface area contributed by atoms with Crippen LogP contribution < -0.4 is 113 Å². The molecule has 0 radical (unpaired) electrons. The maximum absolute atomic E-state index is 10.9.